The molecule has 2 saturated heterocycles. The lowest BCUT2D eigenvalue weighted by molar-refractivity contribution is -0.139. The Morgan fingerprint density at radius 2 is 1.02 bits per heavy atom. The van der Waals surface area contributed by atoms with Crippen LogP contribution >= 0.6 is 0 Å². The van der Waals surface area contributed by atoms with Gasteiger partial charge in [0.1, 0.15) is 22.9 Å². The van der Waals surface area contributed by atoms with E-state index in [1.165, 1.54) is 0 Å². The molecule has 2 aliphatic heterocycles. The lowest BCUT2D eigenvalue weighted by Crippen LogP contribution is -2.46. The summed E-state index contributed by atoms with van der Waals surface area (Å²) in [5.74, 6) is -0.907. The second kappa shape index (κ2) is 11.6. The Kier molecular flexibility index (Phi) is 7.69. The molecule has 10 heteroatoms. The Balaban J connectivity index is 1.01. The van der Waals surface area contributed by atoms with Crippen LogP contribution < -0.4 is 10.6 Å². The Bertz CT molecular complexity index is 1470. The average Bonchev–Trinajstić information content (AvgIpc) is 3.91. The zero-order chi connectivity index (χ0) is 30.9. The fourth-order valence-electron chi connectivity index (χ4n) is 6.11. The average molecular weight is 591 g/mol. The number of carbonyl (C=O) groups is 4. The summed E-state index contributed by atoms with van der Waals surface area (Å²) >= 11 is 0. The summed E-state index contributed by atoms with van der Waals surface area (Å²) in [4.78, 5) is 54.8. The van der Waals surface area contributed by atoms with Gasteiger partial charge in [-0.05, 0) is 86.8 Å². The first kappa shape index (κ1) is 29.1. The SMILES string of the molecule is N#CC1(C(=O)N2CCCC2C(=O)Nc2ccc(/C=C/c3ccc(NC(=O)C4CCCN4C(=O)C4(C#N)CC4)cc3)cc2)CC1. The zero-order valence-corrected chi connectivity index (χ0v) is 24.4. The highest BCUT2D eigenvalue weighted by Gasteiger charge is 2.55. The maximum atomic E-state index is 13.0. The third-order valence-electron chi connectivity index (χ3n) is 9.20. The Morgan fingerprint density at radius 3 is 1.34 bits per heavy atom. The van der Waals surface area contributed by atoms with Gasteiger partial charge in [0, 0.05) is 24.5 Å². The van der Waals surface area contributed by atoms with Gasteiger partial charge in [-0.3, -0.25) is 19.2 Å². The van der Waals surface area contributed by atoms with Gasteiger partial charge < -0.3 is 20.4 Å². The van der Waals surface area contributed by atoms with E-state index in [4.69, 9.17) is 0 Å². The molecule has 2 atom stereocenters. The number of benzene rings is 2. The van der Waals surface area contributed by atoms with Crippen molar-refractivity contribution in [3.8, 4) is 12.1 Å². The van der Waals surface area contributed by atoms with Crippen LogP contribution in [0, 0.1) is 33.5 Å². The summed E-state index contributed by atoms with van der Waals surface area (Å²) in [6, 6.07) is 18.0. The van der Waals surface area contributed by atoms with Gasteiger partial charge in [-0.25, -0.2) is 0 Å². The lowest BCUT2D eigenvalue weighted by Gasteiger charge is -2.25. The van der Waals surface area contributed by atoms with Crippen molar-refractivity contribution in [2.75, 3.05) is 23.7 Å². The molecular weight excluding hydrogens is 556 g/mol. The molecule has 224 valence electrons. The van der Waals surface area contributed by atoms with Gasteiger partial charge in [0.2, 0.25) is 23.6 Å². The molecule has 0 radical (unpaired) electrons. The summed E-state index contributed by atoms with van der Waals surface area (Å²) in [5.41, 5.74) is 1.27. The van der Waals surface area contributed by atoms with Crippen molar-refractivity contribution in [2.24, 2.45) is 10.8 Å². The van der Waals surface area contributed by atoms with Crippen LogP contribution in [0.5, 0.6) is 0 Å². The molecule has 0 aromatic heterocycles. The minimum Gasteiger partial charge on any atom is -0.329 e. The van der Waals surface area contributed by atoms with Gasteiger partial charge in [0.25, 0.3) is 0 Å². The van der Waals surface area contributed by atoms with Gasteiger partial charge in [-0.15, -0.1) is 0 Å². The van der Waals surface area contributed by atoms with Gasteiger partial charge in [0.15, 0.2) is 0 Å². The van der Waals surface area contributed by atoms with Crippen LogP contribution in [0.3, 0.4) is 0 Å². The molecule has 2 heterocycles. The lowest BCUT2D eigenvalue weighted by atomic mass is 10.1. The number of nitrogens with zero attached hydrogens (tertiary/aromatic N) is 4. The maximum Gasteiger partial charge on any atom is 0.247 e. The molecule has 0 spiro atoms. The Hall–Kier alpha value is -4.96. The monoisotopic (exact) mass is 590 g/mol. The molecular formula is C34H34N6O4. The van der Waals surface area contributed by atoms with E-state index in [1.807, 2.05) is 60.7 Å². The van der Waals surface area contributed by atoms with Crippen LogP contribution in [0.1, 0.15) is 62.5 Å². The minimum absolute atomic E-state index is 0.219. The first-order valence-corrected chi connectivity index (χ1v) is 15.2. The van der Waals surface area contributed by atoms with Gasteiger partial charge in [0.05, 0.1) is 12.1 Å². The van der Waals surface area contributed by atoms with E-state index in [0.29, 0.717) is 63.0 Å². The van der Waals surface area contributed by atoms with Crippen molar-refractivity contribution in [3.05, 3.63) is 59.7 Å². The van der Waals surface area contributed by atoms with E-state index in [1.54, 1.807) is 9.80 Å². The highest BCUT2D eigenvalue weighted by atomic mass is 16.2. The zero-order valence-electron chi connectivity index (χ0n) is 24.4. The maximum absolute atomic E-state index is 13.0. The molecule has 2 N–H and O–H groups in total. The number of amides is 4. The van der Waals surface area contributed by atoms with Crippen LogP contribution in [0.4, 0.5) is 11.4 Å². The van der Waals surface area contributed by atoms with E-state index < -0.39 is 22.9 Å². The largest absolute Gasteiger partial charge is 0.329 e. The number of rotatable bonds is 8. The summed E-state index contributed by atoms with van der Waals surface area (Å²) in [6.45, 7) is 1.00. The van der Waals surface area contributed by atoms with Gasteiger partial charge >= 0.3 is 0 Å². The minimum atomic E-state index is -0.928. The number of nitriles is 2. The second-order valence-electron chi connectivity index (χ2n) is 12.3. The fraction of sp³-hybridized carbons (Fsp3) is 0.412. The topological polar surface area (TPSA) is 146 Å². The molecule has 6 rings (SSSR count). The number of hydrogen-bond acceptors (Lipinski definition) is 6. The summed E-state index contributed by atoms with van der Waals surface area (Å²) in [5, 5.41) is 24.6. The molecule has 2 saturated carbocycles. The second-order valence-corrected chi connectivity index (χ2v) is 12.3. The molecule has 4 amide bonds. The van der Waals surface area contributed by atoms with Crippen molar-refractivity contribution < 1.29 is 19.2 Å². The number of anilines is 2. The van der Waals surface area contributed by atoms with E-state index in [-0.39, 0.29) is 23.6 Å². The number of hydrogen-bond donors (Lipinski definition) is 2. The van der Waals surface area contributed by atoms with Crippen molar-refractivity contribution in [3.63, 3.8) is 0 Å². The molecule has 2 aromatic rings. The molecule has 2 unspecified atom stereocenters. The molecule has 0 bridgehead atoms. The molecule has 10 nitrogen and oxygen atoms in total. The molecule has 4 aliphatic rings. The first-order valence-electron chi connectivity index (χ1n) is 15.2. The smallest absolute Gasteiger partial charge is 0.247 e. The van der Waals surface area contributed by atoms with Crippen molar-refractivity contribution in [2.45, 2.75) is 63.5 Å². The highest BCUT2D eigenvalue weighted by molar-refractivity contribution is 6.00. The third-order valence-corrected chi connectivity index (χ3v) is 9.20. The summed E-state index contributed by atoms with van der Waals surface area (Å²) in [7, 11) is 0. The Labute approximate surface area is 256 Å². The van der Waals surface area contributed by atoms with E-state index in [9.17, 15) is 29.7 Å². The van der Waals surface area contributed by atoms with E-state index in [2.05, 4.69) is 22.8 Å². The normalized spacial score (nSPS) is 22.6. The molecule has 2 aliphatic carbocycles. The van der Waals surface area contributed by atoms with E-state index >= 15 is 0 Å². The number of likely N-dealkylation sites (tertiary alicyclic amines) is 2. The van der Waals surface area contributed by atoms with Crippen LogP contribution in [-0.4, -0.2) is 58.6 Å². The van der Waals surface area contributed by atoms with Gasteiger partial charge in [-0.1, -0.05) is 36.4 Å². The number of nitrogens with one attached hydrogen (secondary N) is 2. The van der Waals surface area contributed by atoms with Crippen LogP contribution in [0.25, 0.3) is 12.2 Å². The van der Waals surface area contributed by atoms with Crippen LogP contribution in [0.2, 0.25) is 0 Å². The summed E-state index contributed by atoms with van der Waals surface area (Å²) < 4.78 is 0. The van der Waals surface area contributed by atoms with Crippen LogP contribution in [-0.2, 0) is 19.2 Å². The standard InChI is InChI=1S/C34H34N6O4/c35-21-33(15-16-33)31(43)39-19-1-3-27(39)29(41)37-25-11-7-23(8-12-25)5-6-24-9-13-26(14-10-24)38-30(42)28-4-2-20-40(28)32(44)34(22-36)17-18-34/h5-14,27-28H,1-4,15-20H2,(H,37,41)(H,38,42)/b6-5+. The van der Waals surface area contributed by atoms with Gasteiger partial charge in [-0.2, -0.15) is 10.5 Å². The highest BCUT2D eigenvalue weighted by Crippen LogP contribution is 2.48. The quantitative estimate of drug-likeness (QED) is 0.438. The predicted octanol–water partition coefficient (Wildman–Crippen LogP) is 4.32. The predicted molar refractivity (Wildman–Crippen MR) is 163 cm³/mol. The van der Waals surface area contributed by atoms with E-state index in [0.717, 1.165) is 24.0 Å². The van der Waals surface area contributed by atoms with Crippen molar-refractivity contribution in [1.82, 2.24) is 9.80 Å². The first-order chi connectivity index (χ1) is 21.3. The number of carbonyl (C=O) groups excluding carboxylic acids is 4. The Morgan fingerprint density at radius 1 is 0.659 bits per heavy atom. The fourth-order valence-corrected chi connectivity index (χ4v) is 6.11. The molecule has 2 aromatic carbocycles. The summed E-state index contributed by atoms with van der Waals surface area (Å²) in [6.07, 6.45) is 8.81. The third kappa shape index (κ3) is 5.68. The van der Waals surface area contributed by atoms with Crippen LogP contribution in [0.15, 0.2) is 48.5 Å². The molecule has 44 heavy (non-hydrogen) atoms. The van der Waals surface area contributed by atoms with Crippen molar-refractivity contribution in [1.29, 1.82) is 10.5 Å². The van der Waals surface area contributed by atoms with Crippen molar-refractivity contribution >= 4 is 47.2 Å². The molecule has 4 fully saturated rings.